The largest absolute Gasteiger partial charge is 0.323 e. The van der Waals surface area contributed by atoms with Crippen molar-refractivity contribution in [1.82, 2.24) is 15.3 Å². The van der Waals surface area contributed by atoms with Gasteiger partial charge in [-0.3, -0.25) is 14.8 Å². The molecular weight excluding hydrogens is 276 g/mol. The molecule has 2 N–H and O–H groups in total. The van der Waals surface area contributed by atoms with Crippen LogP contribution in [0, 0.1) is 0 Å². The minimum absolute atomic E-state index is 0.0905. The standard InChI is InChI=1S/C17H16N4O/c22-16(12-19-11-13-6-9-18-10-7-13)21-15-5-1-3-14-4-2-8-20-17(14)15/h1-10,19H,11-12H2,(H,21,22). The predicted molar refractivity (Wildman–Crippen MR) is 86.3 cm³/mol. The van der Waals surface area contributed by atoms with Crippen LogP contribution in [-0.2, 0) is 11.3 Å². The van der Waals surface area contributed by atoms with Crippen LogP contribution in [0.3, 0.4) is 0 Å². The smallest absolute Gasteiger partial charge is 0.238 e. The average molecular weight is 292 g/mol. The van der Waals surface area contributed by atoms with E-state index in [1.54, 1.807) is 18.6 Å². The maximum Gasteiger partial charge on any atom is 0.238 e. The molecule has 110 valence electrons. The molecule has 5 nitrogen and oxygen atoms in total. The SMILES string of the molecule is O=C(CNCc1ccncc1)Nc1cccc2cccnc12. The summed E-state index contributed by atoms with van der Waals surface area (Å²) in [7, 11) is 0. The van der Waals surface area contributed by atoms with Crippen molar-refractivity contribution >= 4 is 22.5 Å². The molecule has 0 saturated heterocycles. The lowest BCUT2D eigenvalue weighted by Gasteiger charge is -2.09. The summed E-state index contributed by atoms with van der Waals surface area (Å²) in [6.07, 6.45) is 5.19. The zero-order valence-electron chi connectivity index (χ0n) is 12.0. The van der Waals surface area contributed by atoms with Crippen molar-refractivity contribution in [3.8, 4) is 0 Å². The molecule has 2 aromatic heterocycles. The topological polar surface area (TPSA) is 66.9 Å². The monoisotopic (exact) mass is 292 g/mol. The predicted octanol–water partition coefficient (Wildman–Crippen LogP) is 2.36. The van der Waals surface area contributed by atoms with Gasteiger partial charge in [-0.15, -0.1) is 0 Å². The van der Waals surface area contributed by atoms with E-state index in [0.29, 0.717) is 6.54 Å². The number of fused-ring (bicyclic) bond motifs is 1. The highest BCUT2D eigenvalue weighted by Crippen LogP contribution is 2.20. The van der Waals surface area contributed by atoms with Crippen LogP contribution in [0.2, 0.25) is 0 Å². The van der Waals surface area contributed by atoms with E-state index in [9.17, 15) is 4.79 Å². The zero-order chi connectivity index (χ0) is 15.2. The molecule has 22 heavy (non-hydrogen) atoms. The maximum absolute atomic E-state index is 12.0. The molecule has 0 bridgehead atoms. The Hall–Kier alpha value is -2.79. The molecule has 0 aliphatic carbocycles. The van der Waals surface area contributed by atoms with E-state index in [1.807, 2.05) is 42.5 Å². The Morgan fingerprint density at radius 1 is 1.00 bits per heavy atom. The molecule has 5 heteroatoms. The van der Waals surface area contributed by atoms with Gasteiger partial charge in [-0.25, -0.2) is 0 Å². The quantitative estimate of drug-likeness (QED) is 0.757. The number of carbonyl (C=O) groups is 1. The number of nitrogens with one attached hydrogen (secondary N) is 2. The summed E-state index contributed by atoms with van der Waals surface area (Å²) in [5.41, 5.74) is 2.62. The number of nitrogens with zero attached hydrogens (tertiary/aromatic N) is 2. The summed E-state index contributed by atoms with van der Waals surface area (Å²) in [5, 5.41) is 7.01. The summed E-state index contributed by atoms with van der Waals surface area (Å²) in [4.78, 5) is 20.3. The second-order valence-electron chi connectivity index (χ2n) is 4.89. The van der Waals surface area contributed by atoms with Crippen molar-refractivity contribution in [2.75, 3.05) is 11.9 Å². The second-order valence-corrected chi connectivity index (χ2v) is 4.89. The number of anilines is 1. The van der Waals surface area contributed by atoms with Crippen molar-refractivity contribution in [1.29, 1.82) is 0 Å². The van der Waals surface area contributed by atoms with Gasteiger partial charge in [0.15, 0.2) is 0 Å². The molecule has 0 spiro atoms. The lowest BCUT2D eigenvalue weighted by molar-refractivity contribution is -0.115. The Morgan fingerprint density at radius 2 is 1.82 bits per heavy atom. The molecule has 0 radical (unpaired) electrons. The third-order valence-corrected chi connectivity index (χ3v) is 3.27. The fourth-order valence-electron chi connectivity index (χ4n) is 2.22. The van der Waals surface area contributed by atoms with E-state index in [1.165, 1.54) is 0 Å². The molecule has 0 fully saturated rings. The first-order valence-electron chi connectivity index (χ1n) is 7.06. The first kappa shape index (κ1) is 14.2. The van der Waals surface area contributed by atoms with Gasteiger partial charge in [-0.1, -0.05) is 18.2 Å². The third-order valence-electron chi connectivity index (χ3n) is 3.27. The number of carbonyl (C=O) groups excluding carboxylic acids is 1. The first-order valence-corrected chi connectivity index (χ1v) is 7.06. The lowest BCUT2D eigenvalue weighted by Crippen LogP contribution is -2.27. The molecule has 3 aromatic rings. The fraction of sp³-hybridized carbons (Fsp3) is 0.118. The minimum atomic E-state index is -0.0905. The molecule has 0 saturated carbocycles. The van der Waals surface area contributed by atoms with Gasteiger partial charge in [-0.2, -0.15) is 0 Å². The van der Waals surface area contributed by atoms with Crippen molar-refractivity contribution in [3.63, 3.8) is 0 Å². The highest BCUT2D eigenvalue weighted by Gasteiger charge is 2.06. The van der Waals surface area contributed by atoms with E-state index in [-0.39, 0.29) is 12.5 Å². The van der Waals surface area contributed by atoms with Gasteiger partial charge in [0.05, 0.1) is 17.7 Å². The van der Waals surface area contributed by atoms with Crippen molar-refractivity contribution in [3.05, 3.63) is 66.6 Å². The van der Waals surface area contributed by atoms with Crippen molar-refractivity contribution < 1.29 is 4.79 Å². The summed E-state index contributed by atoms with van der Waals surface area (Å²) in [6.45, 7) is 0.870. The normalized spacial score (nSPS) is 10.5. The van der Waals surface area contributed by atoms with Crippen LogP contribution >= 0.6 is 0 Å². The fourth-order valence-corrected chi connectivity index (χ4v) is 2.22. The Kier molecular flexibility index (Phi) is 4.36. The number of aromatic nitrogens is 2. The number of benzene rings is 1. The summed E-state index contributed by atoms with van der Waals surface area (Å²) >= 11 is 0. The van der Waals surface area contributed by atoms with Crippen LogP contribution in [0.5, 0.6) is 0 Å². The van der Waals surface area contributed by atoms with Crippen LogP contribution in [0.1, 0.15) is 5.56 Å². The van der Waals surface area contributed by atoms with Crippen LogP contribution < -0.4 is 10.6 Å². The van der Waals surface area contributed by atoms with E-state index in [4.69, 9.17) is 0 Å². The van der Waals surface area contributed by atoms with Crippen LogP contribution in [-0.4, -0.2) is 22.4 Å². The van der Waals surface area contributed by atoms with Gasteiger partial charge in [0.25, 0.3) is 0 Å². The van der Waals surface area contributed by atoms with E-state index in [2.05, 4.69) is 20.6 Å². The van der Waals surface area contributed by atoms with Crippen molar-refractivity contribution in [2.45, 2.75) is 6.54 Å². The third kappa shape index (κ3) is 3.45. The number of amides is 1. The zero-order valence-corrected chi connectivity index (χ0v) is 12.0. The van der Waals surface area contributed by atoms with Gasteiger partial charge in [0, 0.05) is 30.5 Å². The first-order chi connectivity index (χ1) is 10.8. The van der Waals surface area contributed by atoms with Gasteiger partial charge in [0.1, 0.15) is 0 Å². The van der Waals surface area contributed by atoms with Crippen LogP contribution in [0.15, 0.2) is 61.1 Å². The highest BCUT2D eigenvalue weighted by molar-refractivity contribution is 6.00. The summed E-state index contributed by atoms with van der Waals surface area (Å²) < 4.78 is 0. The molecular formula is C17H16N4O. The number of pyridine rings is 2. The molecule has 1 aromatic carbocycles. The Bertz CT molecular complexity index is 768. The minimum Gasteiger partial charge on any atom is -0.323 e. The second kappa shape index (κ2) is 6.78. The van der Waals surface area contributed by atoms with Gasteiger partial charge < -0.3 is 10.6 Å². The molecule has 1 amide bonds. The maximum atomic E-state index is 12.0. The average Bonchev–Trinajstić information content (AvgIpc) is 2.56. The molecule has 2 heterocycles. The number of hydrogen-bond acceptors (Lipinski definition) is 4. The van der Waals surface area contributed by atoms with Gasteiger partial charge in [-0.05, 0) is 29.8 Å². The molecule has 3 rings (SSSR count). The Balaban J connectivity index is 1.59. The Labute approximate surface area is 128 Å². The van der Waals surface area contributed by atoms with Gasteiger partial charge >= 0.3 is 0 Å². The molecule has 0 aliphatic rings. The van der Waals surface area contributed by atoms with Crippen LogP contribution in [0.25, 0.3) is 10.9 Å². The lowest BCUT2D eigenvalue weighted by atomic mass is 10.2. The van der Waals surface area contributed by atoms with Crippen molar-refractivity contribution in [2.24, 2.45) is 0 Å². The Morgan fingerprint density at radius 3 is 2.68 bits per heavy atom. The molecule has 0 aliphatic heterocycles. The summed E-state index contributed by atoms with van der Waals surface area (Å²) in [5.74, 6) is -0.0905. The number of hydrogen-bond donors (Lipinski definition) is 2. The number of rotatable bonds is 5. The summed E-state index contributed by atoms with van der Waals surface area (Å²) in [6, 6.07) is 13.4. The molecule has 0 unspecified atom stereocenters. The highest BCUT2D eigenvalue weighted by atomic mass is 16.1. The number of para-hydroxylation sites is 1. The van der Waals surface area contributed by atoms with E-state index < -0.39 is 0 Å². The van der Waals surface area contributed by atoms with E-state index in [0.717, 1.165) is 22.2 Å². The van der Waals surface area contributed by atoms with Gasteiger partial charge in [0.2, 0.25) is 5.91 Å². The van der Waals surface area contributed by atoms with E-state index >= 15 is 0 Å². The van der Waals surface area contributed by atoms with Crippen LogP contribution in [0.4, 0.5) is 5.69 Å². The molecule has 0 atom stereocenters.